The van der Waals surface area contributed by atoms with Crippen LogP contribution in [0.1, 0.15) is 118 Å². The second kappa shape index (κ2) is 10.1. The second-order valence-electron chi connectivity index (χ2n) is 10.8. The van der Waals surface area contributed by atoms with Crippen molar-refractivity contribution in [1.82, 2.24) is 14.7 Å². The molecule has 5 heteroatoms. The van der Waals surface area contributed by atoms with Crippen LogP contribution in [-0.2, 0) is 4.79 Å². The molecule has 2 heterocycles. The molecule has 2 aromatic rings. The molecule has 1 aromatic heterocycles. The second-order valence-corrected chi connectivity index (χ2v) is 10.8. The monoisotopic (exact) mass is 461 g/mol. The lowest BCUT2D eigenvalue weighted by Gasteiger charge is -2.40. The Labute approximate surface area is 203 Å². The number of benzene rings is 1. The summed E-state index contributed by atoms with van der Waals surface area (Å²) in [6, 6.07) is 9.13. The van der Waals surface area contributed by atoms with Crippen molar-refractivity contribution in [1.29, 1.82) is 0 Å². The van der Waals surface area contributed by atoms with Crippen LogP contribution < -0.4 is 0 Å². The Bertz CT molecular complexity index is 1040. The molecule has 1 aliphatic heterocycles. The Morgan fingerprint density at radius 3 is 2.65 bits per heavy atom. The molecule has 3 atom stereocenters. The van der Waals surface area contributed by atoms with Crippen molar-refractivity contribution < 1.29 is 9.59 Å². The molecular weight excluding hydrogens is 422 g/mol. The van der Waals surface area contributed by atoms with E-state index in [-0.39, 0.29) is 11.7 Å². The minimum atomic E-state index is 0.0945. The molecule has 5 nitrogen and oxygen atoms in total. The molecule has 0 radical (unpaired) electrons. The van der Waals surface area contributed by atoms with Gasteiger partial charge >= 0.3 is 0 Å². The van der Waals surface area contributed by atoms with Gasteiger partial charge in [0, 0.05) is 24.4 Å². The highest BCUT2D eigenvalue weighted by molar-refractivity contribution is 5.95. The lowest BCUT2D eigenvalue weighted by atomic mass is 9.77. The average Bonchev–Trinajstić information content (AvgIpc) is 3.61. The summed E-state index contributed by atoms with van der Waals surface area (Å²) in [5.74, 6) is 1.51. The van der Waals surface area contributed by atoms with Crippen LogP contribution in [0.5, 0.6) is 0 Å². The Hall–Kier alpha value is -2.43. The highest BCUT2D eigenvalue weighted by atomic mass is 16.2. The minimum Gasteiger partial charge on any atom is -0.339 e. The Balaban J connectivity index is 1.35. The van der Waals surface area contributed by atoms with Gasteiger partial charge in [-0.2, -0.15) is 5.10 Å². The van der Waals surface area contributed by atoms with Crippen LogP contribution in [0.4, 0.5) is 0 Å². The van der Waals surface area contributed by atoms with E-state index in [1.165, 1.54) is 18.4 Å². The maximum absolute atomic E-state index is 13.6. The number of carbonyl (C=O) groups is 2. The normalized spacial score (nSPS) is 25.4. The van der Waals surface area contributed by atoms with Crippen molar-refractivity contribution in [3.8, 4) is 5.69 Å². The SMILES string of the molecule is CCCC1CCCCN1C(=O)C1CCC[C@@H](c2cccc(-n3ncc(C(C)=O)c3C3CC3)c2)C1. The van der Waals surface area contributed by atoms with Gasteiger partial charge in [0.15, 0.2) is 5.78 Å². The maximum Gasteiger partial charge on any atom is 0.225 e. The minimum absolute atomic E-state index is 0.0945. The van der Waals surface area contributed by atoms with Gasteiger partial charge < -0.3 is 4.90 Å². The summed E-state index contributed by atoms with van der Waals surface area (Å²) in [4.78, 5) is 28.0. The van der Waals surface area contributed by atoms with Crippen molar-refractivity contribution >= 4 is 11.7 Å². The molecule has 1 aromatic carbocycles. The number of aromatic nitrogens is 2. The van der Waals surface area contributed by atoms with Gasteiger partial charge in [0.2, 0.25) is 5.91 Å². The Morgan fingerprint density at radius 2 is 1.88 bits per heavy atom. The number of piperidine rings is 1. The molecule has 3 fully saturated rings. The fourth-order valence-electron chi connectivity index (χ4n) is 6.37. The van der Waals surface area contributed by atoms with Gasteiger partial charge in [-0.15, -0.1) is 0 Å². The molecule has 2 saturated carbocycles. The molecule has 182 valence electrons. The summed E-state index contributed by atoms with van der Waals surface area (Å²) in [5.41, 5.74) is 4.19. The largest absolute Gasteiger partial charge is 0.339 e. The van der Waals surface area contributed by atoms with Gasteiger partial charge in [-0.1, -0.05) is 31.9 Å². The van der Waals surface area contributed by atoms with Crippen LogP contribution in [0, 0.1) is 5.92 Å². The molecule has 2 aliphatic carbocycles. The zero-order valence-electron chi connectivity index (χ0n) is 20.8. The first kappa shape index (κ1) is 23.3. The summed E-state index contributed by atoms with van der Waals surface area (Å²) >= 11 is 0. The van der Waals surface area contributed by atoms with E-state index in [1.807, 2.05) is 4.68 Å². The molecule has 5 rings (SSSR count). The third kappa shape index (κ3) is 4.71. The number of likely N-dealkylation sites (tertiary alicyclic amines) is 1. The number of rotatable bonds is 7. The van der Waals surface area contributed by atoms with Crippen molar-refractivity contribution in [2.45, 2.75) is 102 Å². The third-order valence-electron chi connectivity index (χ3n) is 8.29. The summed E-state index contributed by atoms with van der Waals surface area (Å²) in [6.45, 7) is 4.81. The van der Waals surface area contributed by atoms with Gasteiger partial charge in [0.1, 0.15) is 0 Å². The highest BCUT2D eigenvalue weighted by Gasteiger charge is 2.35. The van der Waals surface area contributed by atoms with Crippen LogP contribution in [-0.4, -0.2) is 39.0 Å². The van der Waals surface area contributed by atoms with E-state index in [0.29, 0.717) is 23.8 Å². The van der Waals surface area contributed by atoms with Gasteiger partial charge in [-0.25, -0.2) is 4.68 Å². The molecule has 3 aliphatic rings. The summed E-state index contributed by atoms with van der Waals surface area (Å²) in [6.07, 6.45) is 14.1. The van der Waals surface area contributed by atoms with E-state index < -0.39 is 0 Å². The zero-order valence-corrected chi connectivity index (χ0v) is 20.8. The quantitative estimate of drug-likeness (QED) is 0.448. The van der Waals surface area contributed by atoms with Crippen LogP contribution in [0.15, 0.2) is 30.5 Å². The predicted molar refractivity (Wildman–Crippen MR) is 135 cm³/mol. The van der Waals surface area contributed by atoms with Crippen LogP contribution in [0.2, 0.25) is 0 Å². The number of Topliss-reactive ketones (excluding diaryl/α,β-unsaturated/α-hetero) is 1. The first-order chi connectivity index (χ1) is 16.6. The van der Waals surface area contributed by atoms with E-state index in [2.05, 4.69) is 41.2 Å². The van der Waals surface area contributed by atoms with Gasteiger partial charge in [0.25, 0.3) is 0 Å². The number of ketones is 1. The fraction of sp³-hybridized carbons (Fsp3) is 0.621. The predicted octanol–water partition coefficient (Wildman–Crippen LogP) is 6.41. The lowest BCUT2D eigenvalue weighted by molar-refractivity contribution is -0.140. The smallest absolute Gasteiger partial charge is 0.225 e. The molecular formula is C29H39N3O2. The Kier molecular flexibility index (Phi) is 6.89. The zero-order chi connectivity index (χ0) is 23.7. The number of amides is 1. The average molecular weight is 462 g/mol. The molecule has 2 unspecified atom stereocenters. The van der Waals surface area contributed by atoms with Crippen molar-refractivity contribution in [2.75, 3.05) is 6.54 Å². The van der Waals surface area contributed by atoms with Crippen LogP contribution in [0.25, 0.3) is 5.69 Å². The lowest BCUT2D eigenvalue weighted by Crippen LogP contribution is -2.47. The van der Waals surface area contributed by atoms with E-state index in [4.69, 9.17) is 0 Å². The standard InChI is InChI=1S/C29H39N3O2/c1-3-8-25-12-4-5-16-31(25)29(34)24-11-6-9-22(17-24)23-10-7-13-26(18-23)32-28(21-14-15-21)27(19-30-32)20(2)33/h7,10,13,18-19,21-22,24-25H,3-6,8-9,11-12,14-17H2,1-2H3/t22-,24?,25?/m1/s1. The van der Waals surface area contributed by atoms with Gasteiger partial charge in [-0.05, 0) is 88.3 Å². The molecule has 0 spiro atoms. The first-order valence-corrected chi connectivity index (χ1v) is 13.6. The van der Waals surface area contributed by atoms with E-state index in [1.54, 1.807) is 13.1 Å². The fourth-order valence-corrected chi connectivity index (χ4v) is 6.37. The van der Waals surface area contributed by atoms with Crippen LogP contribution >= 0.6 is 0 Å². The van der Waals surface area contributed by atoms with Gasteiger partial charge in [0.05, 0.1) is 23.1 Å². The van der Waals surface area contributed by atoms with E-state index in [9.17, 15) is 9.59 Å². The molecule has 34 heavy (non-hydrogen) atoms. The molecule has 1 saturated heterocycles. The molecule has 0 N–H and O–H groups in total. The van der Waals surface area contributed by atoms with E-state index >= 15 is 0 Å². The third-order valence-corrected chi connectivity index (χ3v) is 8.29. The number of carbonyl (C=O) groups excluding carboxylic acids is 2. The first-order valence-electron chi connectivity index (χ1n) is 13.6. The van der Waals surface area contributed by atoms with Crippen molar-refractivity contribution in [2.24, 2.45) is 5.92 Å². The van der Waals surface area contributed by atoms with Crippen LogP contribution in [0.3, 0.4) is 0 Å². The summed E-state index contributed by atoms with van der Waals surface area (Å²) in [7, 11) is 0. The maximum atomic E-state index is 13.6. The van der Waals surface area contributed by atoms with Gasteiger partial charge in [-0.3, -0.25) is 9.59 Å². The topological polar surface area (TPSA) is 55.2 Å². The van der Waals surface area contributed by atoms with E-state index in [0.717, 1.165) is 81.3 Å². The van der Waals surface area contributed by atoms with Crippen molar-refractivity contribution in [3.63, 3.8) is 0 Å². The Morgan fingerprint density at radius 1 is 1.03 bits per heavy atom. The highest BCUT2D eigenvalue weighted by Crippen LogP contribution is 2.43. The van der Waals surface area contributed by atoms with Crippen molar-refractivity contribution in [3.05, 3.63) is 47.3 Å². The summed E-state index contributed by atoms with van der Waals surface area (Å²) < 4.78 is 1.99. The number of hydrogen-bond donors (Lipinski definition) is 0. The molecule has 0 bridgehead atoms. The summed E-state index contributed by atoms with van der Waals surface area (Å²) in [5, 5.41) is 4.62. The number of nitrogens with zero attached hydrogens (tertiary/aromatic N) is 3. The number of hydrogen-bond acceptors (Lipinski definition) is 3. The molecule has 1 amide bonds.